The molecule has 1 aliphatic rings. The van der Waals surface area contributed by atoms with E-state index in [0.717, 1.165) is 24.1 Å². The van der Waals surface area contributed by atoms with Crippen LogP contribution in [0.3, 0.4) is 0 Å². The number of aliphatic imine (C=N–C) groups is 1. The minimum atomic E-state index is 0. The molecule has 132 valence electrons. The Morgan fingerprint density at radius 2 is 2.00 bits per heavy atom. The van der Waals surface area contributed by atoms with Crippen LogP contribution in [0.25, 0.3) is 0 Å². The van der Waals surface area contributed by atoms with Crippen LogP contribution in [0, 0.1) is 6.92 Å². The summed E-state index contributed by atoms with van der Waals surface area (Å²) in [7, 11) is 1.82. The highest BCUT2D eigenvalue weighted by atomic mass is 127. The Labute approximate surface area is 161 Å². The first kappa shape index (κ1) is 20.6. The van der Waals surface area contributed by atoms with Gasteiger partial charge in [0, 0.05) is 30.2 Å². The second kappa shape index (κ2) is 9.78. The van der Waals surface area contributed by atoms with Crippen LogP contribution in [0.2, 0.25) is 0 Å². The maximum atomic E-state index is 4.32. The Morgan fingerprint density at radius 1 is 1.30 bits per heavy atom. The molecule has 0 saturated carbocycles. The molecule has 1 aromatic rings. The van der Waals surface area contributed by atoms with E-state index in [1.165, 1.54) is 37.2 Å². The Bertz CT molecular complexity index is 494. The summed E-state index contributed by atoms with van der Waals surface area (Å²) in [4.78, 5) is 12.4. The molecule has 2 rings (SSSR count). The number of nitrogens with zero attached hydrogens (tertiary/aromatic N) is 3. The molecular formula is C16H30IN5S. The number of rotatable bonds is 5. The zero-order chi connectivity index (χ0) is 16.0. The van der Waals surface area contributed by atoms with Crippen LogP contribution in [0.15, 0.2) is 11.2 Å². The summed E-state index contributed by atoms with van der Waals surface area (Å²) in [5.41, 5.74) is 0.152. The van der Waals surface area contributed by atoms with Gasteiger partial charge in [0.25, 0.3) is 0 Å². The van der Waals surface area contributed by atoms with E-state index in [1.807, 2.05) is 20.2 Å². The molecule has 5 nitrogen and oxygen atoms in total. The van der Waals surface area contributed by atoms with Crippen LogP contribution in [-0.4, -0.2) is 48.1 Å². The van der Waals surface area contributed by atoms with E-state index < -0.39 is 0 Å². The quantitative estimate of drug-likeness (QED) is 0.411. The molecule has 0 atom stereocenters. The van der Waals surface area contributed by atoms with Crippen molar-refractivity contribution in [2.24, 2.45) is 4.99 Å². The predicted molar refractivity (Wildman–Crippen MR) is 110 cm³/mol. The van der Waals surface area contributed by atoms with Crippen LogP contribution >= 0.6 is 35.3 Å². The van der Waals surface area contributed by atoms with Gasteiger partial charge in [0.15, 0.2) is 5.96 Å². The lowest BCUT2D eigenvalue weighted by molar-refractivity contribution is 0.0982. The lowest BCUT2D eigenvalue weighted by Crippen LogP contribution is -2.54. The topological polar surface area (TPSA) is 52.6 Å². The van der Waals surface area contributed by atoms with Crippen molar-refractivity contribution in [2.75, 3.05) is 26.7 Å². The number of halogens is 1. The zero-order valence-corrected chi connectivity index (χ0v) is 17.8. The number of aryl methyl sites for hydroxylation is 1. The molecule has 0 unspecified atom stereocenters. The fourth-order valence-electron chi connectivity index (χ4n) is 2.79. The van der Waals surface area contributed by atoms with Crippen molar-refractivity contribution in [1.82, 2.24) is 20.5 Å². The number of guanidine groups is 1. The molecule has 0 spiro atoms. The van der Waals surface area contributed by atoms with Crippen molar-refractivity contribution in [3.8, 4) is 0 Å². The summed E-state index contributed by atoms with van der Waals surface area (Å²) < 4.78 is 0. The molecule has 23 heavy (non-hydrogen) atoms. The molecule has 0 radical (unpaired) electrons. The minimum absolute atomic E-state index is 0. The molecule has 1 saturated heterocycles. The third-order valence-electron chi connectivity index (χ3n) is 4.22. The molecule has 2 N–H and O–H groups in total. The monoisotopic (exact) mass is 451 g/mol. The van der Waals surface area contributed by atoms with Crippen molar-refractivity contribution < 1.29 is 0 Å². The van der Waals surface area contributed by atoms with Crippen molar-refractivity contribution in [1.29, 1.82) is 0 Å². The number of nitrogens with one attached hydrogen (secondary N) is 2. The Hall–Kier alpha value is -0.410. The predicted octanol–water partition coefficient (Wildman–Crippen LogP) is 3.00. The number of aromatic nitrogens is 1. The standard InChI is InChI=1S/C16H29N5S.HI/c1-13-18-10-14(22-13)11-19-15(17-4)20-12-16(2,3)21-8-6-5-7-9-21;/h10H,5-9,11-12H2,1-4H3,(H2,17,19,20);1H. The van der Waals surface area contributed by atoms with Crippen LogP contribution in [0.5, 0.6) is 0 Å². The minimum Gasteiger partial charge on any atom is -0.355 e. The lowest BCUT2D eigenvalue weighted by Gasteiger charge is -2.41. The van der Waals surface area contributed by atoms with Crippen molar-refractivity contribution in [3.63, 3.8) is 0 Å². The Morgan fingerprint density at radius 3 is 2.57 bits per heavy atom. The SMILES string of the molecule is CN=C(NCc1cnc(C)s1)NCC(C)(C)N1CCCCC1.I. The number of hydrogen-bond donors (Lipinski definition) is 2. The van der Waals surface area contributed by atoms with E-state index in [9.17, 15) is 0 Å². The van der Waals surface area contributed by atoms with Gasteiger partial charge in [-0.2, -0.15) is 0 Å². The highest BCUT2D eigenvalue weighted by Gasteiger charge is 2.27. The fourth-order valence-corrected chi connectivity index (χ4v) is 3.52. The van der Waals surface area contributed by atoms with Gasteiger partial charge in [0.05, 0.1) is 11.6 Å². The van der Waals surface area contributed by atoms with Crippen LogP contribution in [-0.2, 0) is 6.54 Å². The first-order valence-corrected chi connectivity index (χ1v) is 8.94. The molecule has 1 fully saturated rings. The van der Waals surface area contributed by atoms with E-state index >= 15 is 0 Å². The van der Waals surface area contributed by atoms with Gasteiger partial charge in [-0.3, -0.25) is 9.89 Å². The summed E-state index contributed by atoms with van der Waals surface area (Å²) >= 11 is 1.72. The van der Waals surface area contributed by atoms with Crippen molar-refractivity contribution in [2.45, 2.75) is 52.1 Å². The van der Waals surface area contributed by atoms with E-state index in [4.69, 9.17) is 0 Å². The molecule has 0 aromatic carbocycles. The van der Waals surface area contributed by atoms with Gasteiger partial charge in [0.2, 0.25) is 0 Å². The van der Waals surface area contributed by atoms with Crippen molar-refractivity contribution in [3.05, 3.63) is 16.1 Å². The molecule has 0 bridgehead atoms. The third kappa shape index (κ3) is 6.54. The highest BCUT2D eigenvalue weighted by molar-refractivity contribution is 14.0. The molecule has 1 aromatic heterocycles. The van der Waals surface area contributed by atoms with E-state index in [0.29, 0.717) is 0 Å². The summed E-state index contributed by atoms with van der Waals surface area (Å²) in [6, 6.07) is 0. The normalized spacial score (nSPS) is 16.8. The molecule has 0 aliphatic carbocycles. The lowest BCUT2D eigenvalue weighted by atomic mass is 9.98. The maximum Gasteiger partial charge on any atom is 0.191 e. The molecule has 1 aliphatic heterocycles. The fraction of sp³-hybridized carbons (Fsp3) is 0.750. The Balaban J connectivity index is 0.00000264. The largest absolute Gasteiger partial charge is 0.355 e. The van der Waals surface area contributed by atoms with Gasteiger partial charge in [-0.1, -0.05) is 6.42 Å². The summed E-state index contributed by atoms with van der Waals surface area (Å²) in [6.45, 7) is 10.7. The molecule has 7 heteroatoms. The van der Waals surface area contributed by atoms with Crippen LogP contribution in [0.4, 0.5) is 0 Å². The average molecular weight is 451 g/mol. The average Bonchev–Trinajstić information content (AvgIpc) is 2.94. The highest BCUT2D eigenvalue weighted by Crippen LogP contribution is 2.19. The van der Waals surface area contributed by atoms with Crippen molar-refractivity contribution >= 4 is 41.3 Å². The first-order valence-electron chi connectivity index (χ1n) is 8.12. The third-order valence-corrected chi connectivity index (χ3v) is 5.14. The maximum absolute atomic E-state index is 4.32. The van der Waals surface area contributed by atoms with E-state index in [1.54, 1.807) is 11.3 Å². The number of piperidine rings is 1. The van der Waals surface area contributed by atoms with E-state index in [2.05, 4.69) is 39.4 Å². The summed E-state index contributed by atoms with van der Waals surface area (Å²) in [5, 5.41) is 7.93. The van der Waals surface area contributed by atoms with Gasteiger partial charge in [0.1, 0.15) is 0 Å². The Kier molecular flexibility index (Phi) is 8.78. The first-order chi connectivity index (χ1) is 10.5. The van der Waals surface area contributed by atoms with Gasteiger partial charge in [-0.05, 0) is 46.7 Å². The smallest absolute Gasteiger partial charge is 0.191 e. The van der Waals surface area contributed by atoms with Crippen LogP contribution in [0.1, 0.15) is 43.0 Å². The summed E-state index contributed by atoms with van der Waals surface area (Å²) in [5.74, 6) is 0.858. The van der Waals surface area contributed by atoms with E-state index in [-0.39, 0.29) is 29.5 Å². The zero-order valence-electron chi connectivity index (χ0n) is 14.7. The van der Waals surface area contributed by atoms with Gasteiger partial charge in [-0.25, -0.2) is 4.98 Å². The number of hydrogen-bond acceptors (Lipinski definition) is 4. The summed E-state index contributed by atoms with van der Waals surface area (Å²) in [6.07, 6.45) is 5.94. The molecule has 2 heterocycles. The second-order valence-electron chi connectivity index (χ2n) is 6.49. The van der Waals surface area contributed by atoms with Gasteiger partial charge in [-0.15, -0.1) is 35.3 Å². The molecule has 0 amide bonds. The number of likely N-dealkylation sites (tertiary alicyclic amines) is 1. The number of thiazole rings is 1. The second-order valence-corrected chi connectivity index (χ2v) is 7.80. The van der Waals surface area contributed by atoms with Gasteiger partial charge >= 0.3 is 0 Å². The van der Waals surface area contributed by atoms with Gasteiger partial charge < -0.3 is 10.6 Å². The van der Waals surface area contributed by atoms with Crippen LogP contribution < -0.4 is 10.6 Å². The molecular weight excluding hydrogens is 421 g/mol.